The molecule has 1 aromatic carbocycles. The third-order valence-electron chi connectivity index (χ3n) is 6.83. The summed E-state index contributed by atoms with van der Waals surface area (Å²) in [6.07, 6.45) is 8.08. The SMILES string of the molecule is CS(=O)(=O)N[C@H]1CCN(C(=O)C2CC2)C[C@H]1OC[C@H]1CC[C@@H](c2ccccc2)CC1. The first kappa shape index (κ1) is 21.8. The highest BCUT2D eigenvalue weighted by atomic mass is 32.2. The Morgan fingerprint density at radius 3 is 2.40 bits per heavy atom. The number of rotatable bonds is 7. The van der Waals surface area contributed by atoms with Crippen molar-refractivity contribution >= 4 is 15.9 Å². The minimum Gasteiger partial charge on any atom is -0.374 e. The molecule has 0 bridgehead atoms. The fourth-order valence-corrected chi connectivity index (χ4v) is 5.75. The molecule has 3 fully saturated rings. The van der Waals surface area contributed by atoms with Crippen molar-refractivity contribution in [1.29, 1.82) is 0 Å². The van der Waals surface area contributed by atoms with E-state index in [1.807, 2.05) is 4.90 Å². The molecule has 1 saturated heterocycles. The van der Waals surface area contributed by atoms with Crippen molar-refractivity contribution in [3.05, 3.63) is 35.9 Å². The van der Waals surface area contributed by atoms with Crippen LogP contribution < -0.4 is 4.72 Å². The van der Waals surface area contributed by atoms with Crippen LogP contribution in [0.25, 0.3) is 0 Å². The summed E-state index contributed by atoms with van der Waals surface area (Å²) in [4.78, 5) is 14.4. The first-order valence-electron chi connectivity index (χ1n) is 11.3. The van der Waals surface area contributed by atoms with Gasteiger partial charge in [-0.15, -0.1) is 0 Å². The van der Waals surface area contributed by atoms with Gasteiger partial charge in [-0.1, -0.05) is 30.3 Å². The van der Waals surface area contributed by atoms with Crippen LogP contribution in [0, 0.1) is 11.8 Å². The largest absolute Gasteiger partial charge is 0.374 e. The number of carbonyl (C=O) groups excluding carboxylic acids is 1. The van der Waals surface area contributed by atoms with Gasteiger partial charge in [-0.2, -0.15) is 0 Å². The molecule has 1 amide bonds. The van der Waals surface area contributed by atoms with E-state index in [9.17, 15) is 13.2 Å². The molecule has 3 aliphatic rings. The van der Waals surface area contributed by atoms with Gasteiger partial charge in [0.15, 0.2) is 0 Å². The molecular weight excluding hydrogens is 400 g/mol. The zero-order chi connectivity index (χ0) is 21.1. The molecule has 1 aliphatic heterocycles. The smallest absolute Gasteiger partial charge is 0.225 e. The van der Waals surface area contributed by atoms with Crippen molar-refractivity contribution in [3.63, 3.8) is 0 Å². The van der Waals surface area contributed by atoms with Crippen LogP contribution in [0.1, 0.15) is 56.4 Å². The molecule has 2 saturated carbocycles. The predicted molar refractivity (Wildman–Crippen MR) is 117 cm³/mol. The summed E-state index contributed by atoms with van der Waals surface area (Å²) in [7, 11) is -3.31. The van der Waals surface area contributed by atoms with E-state index in [0.29, 0.717) is 38.0 Å². The maximum Gasteiger partial charge on any atom is 0.225 e. The van der Waals surface area contributed by atoms with Gasteiger partial charge in [0.05, 0.1) is 18.4 Å². The molecule has 0 radical (unpaired) electrons. The van der Waals surface area contributed by atoms with Gasteiger partial charge in [0, 0.05) is 25.6 Å². The quantitative estimate of drug-likeness (QED) is 0.716. The van der Waals surface area contributed by atoms with E-state index in [-0.39, 0.29) is 24.0 Å². The van der Waals surface area contributed by atoms with Crippen molar-refractivity contribution < 1.29 is 17.9 Å². The highest BCUT2D eigenvalue weighted by Crippen LogP contribution is 2.36. The summed E-state index contributed by atoms with van der Waals surface area (Å²) < 4.78 is 32.6. The molecule has 6 nitrogen and oxygen atoms in total. The Hall–Kier alpha value is -1.44. The first-order valence-corrected chi connectivity index (χ1v) is 13.2. The Labute approximate surface area is 180 Å². The van der Waals surface area contributed by atoms with Gasteiger partial charge in [0.1, 0.15) is 0 Å². The molecule has 4 rings (SSSR count). The second-order valence-electron chi connectivity index (χ2n) is 9.34. The standard InChI is InChI=1S/C23H34N2O4S/c1-30(27,28)24-21-13-14-25(23(26)20-11-12-20)15-22(21)29-16-17-7-9-19(10-8-17)18-5-3-2-4-6-18/h2-6,17,19-22,24H,7-16H2,1H3/t17-,19+,21-,22+/m0/s1. The lowest BCUT2D eigenvalue weighted by atomic mass is 9.79. The molecule has 0 aromatic heterocycles. The molecule has 30 heavy (non-hydrogen) atoms. The van der Waals surface area contributed by atoms with Gasteiger partial charge in [0.25, 0.3) is 0 Å². The zero-order valence-corrected chi connectivity index (χ0v) is 18.6. The van der Waals surface area contributed by atoms with Gasteiger partial charge in [-0.25, -0.2) is 13.1 Å². The third-order valence-corrected chi connectivity index (χ3v) is 7.56. The molecule has 1 heterocycles. The highest BCUT2D eigenvalue weighted by Gasteiger charge is 2.39. The van der Waals surface area contributed by atoms with Crippen molar-refractivity contribution in [2.24, 2.45) is 11.8 Å². The number of hydrogen-bond donors (Lipinski definition) is 1. The fraction of sp³-hybridized carbons (Fsp3) is 0.696. The number of piperidine rings is 1. The number of amides is 1. The van der Waals surface area contributed by atoms with E-state index in [2.05, 4.69) is 35.1 Å². The lowest BCUT2D eigenvalue weighted by Crippen LogP contribution is -2.56. The zero-order valence-electron chi connectivity index (χ0n) is 17.8. The lowest BCUT2D eigenvalue weighted by molar-refractivity contribution is -0.137. The normalized spacial score (nSPS) is 30.2. The predicted octanol–water partition coefficient (Wildman–Crippen LogP) is 2.91. The lowest BCUT2D eigenvalue weighted by Gasteiger charge is -2.39. The summed E-state index contributed by atoms with van der Waals surface area (Å²) in [5.41, 5.74) is 1.43. The van der Waals surface area contributed by atoms with Gasteiger partial charge >= 0.3 is 0 Å². The van der Waals surface area contributed by atoms with Crippen molar-refractivity contribution in [2.45, 2.75) is 63.0 Å². The Kier molecular flexibility index (Phi) is 6.80. The number of benzene rings is 1. The molecule has 1 N–H and O–H groups in total. The van der Waals surface area contributed by atoms with Crippen LogP contribution >= 0.6 is 0 Å². The van der Waals surface area contributed by atoms with Gasteiger partial charge < -0.3 is 9.64 Å². The van der Waals surface area contributed by atoms with Gasteiger partial charge in [0.2, 0.25) is 15.9 Å². The third kappa shape index (κ3) is 5.83. The Bertz CT molecular complexity index is 817. The molecule has 0 spiro atoms. The molecule has 0 unspecified atom stereocenters. The molecule has 2 aliphatic carbocycles. The van der Waals surface area contributed by atoms with E-state index < -0.39 is 10.0 Å². The van der Waals surface area contributed by atoms with E-state index in [0.717, 1.165) is 25.7 Å². The number of ether oxygens (including phenoxy) is 1. The summed E-state index contributed by atoms with van der Waals surface area (Å²) in [5, 5.41) is 0. The van der Waals surface area contributed by atoms with E-state index in [1.165, 1.54) is 24.7 Å². The fourth-order valence-electron chi connectivity index (χ4n) is 4.93. The van der Waals surface area contributed by atoms with Crippen LogP contribution in [0.5, 0.6) is 0 Å². The highest BCUT2D eigenvalue weighted by molar-refractivity contribution is 7.88. The van der Waals surface area contributed by atoms with Crippen LogP contribution in [-0.2, 0) is 19.6 Å². The Morgan fingerprint density at radius 1 is 1.07 bits per heavy atom. The second kappa shape index (κ2) is 9.37. The number of nitrogens with one attached hydrogen (secondary N) is 1. The summed E-state index contributed by atoms with van der Waals surface area (Å²) in [5.74, 6) is 1.52. The number of nitrogens with zero attached hydrogens (tertiary/aromatic N) is 1. The molecule has 166 valence electrons. The minimum absolute atomic E-state index is 0.179. The van der Waals surface area contributed by atoms with E-state index in [1.54, 1.807) is 0 Å². The summed E-state index contributed by atoms with van der Waals surface area (Å²) in [6, 6.07) is 10.5. The maximum atomic E-state index is 12.5. The van der Waals surface area contributed by atoms with Crippen LogP contribution in [-0.4, -0.2) is 57.3 Å². The first-order chi connectivity index (χ1) is 14.4. The molecule has 2 atom stereocenters. The van der Waals surface area contributed by atoms with E-state index >= 15 is 0 Å². The Morgan fingerprint density at radius 2 is 1.77 bits per heavy atom. The number of sulfonamides is 1. The Balaban J connectivity index is 1.31. The van der Waals surface area contributed by atoms with Crippen molar-refractivity contribution in [2.75, 3.05) is 26.0 Å². The second-order valence-corrected chi connectivity index (χ2v) is 11.1. The van der Waals surface area contributed by atoms with Gasteiger partial charge in [-0.3, -0.25) is 4.79 Å². The summed E-state index contributed by atoms with van der Waals surface area (Å²) in [6.45, 7) is 1.73. The van der Waals surface area contributed by atoms with Crippen LogP contribution in [0.15, 0.2) is 30.3 Å². The molecular formula is C23H34N2O4S. The topological polar surface area (TPSA) is 75.7 Å². The molecule has 1 aromatic rings. The summed E-state index contributed by atoms with van der Waals surface area (Å²) >= 11 is 0. The van der Waals surface area contributed by atoms with Gasteiger partial charge in [-0.05, 0) is 62.3 Å². The number of likely N-dealkylation sites (tertiary alicyclic amines) is 1. The molecule has 7 heteroatoms. The van der Waals surface area contributed by atoms with Crippen LogP contribution in [0.3, 0.4) is 0 Å². The number of hydrogen-bond acceptors (Lipinski definition) is 4. The van der Waals surface area contributed by atoms with Crippen LogP contribution in [0.4, 0.5) is 0 Å². The average molecular weight is 435 g/mol. The minimum atomic E-state index is -3.31. The number of carbonyl (C=O) groups is 1. The maximum absolute atomic E-state index is 12.5. The van der Waals surface area contributed by atoms with E-state index in [4.69, 9.17) is 4.74 Å². The van der Waals surface area contributed by atoms with Crippen LogP contribution in [0.2, 0.25) is 0 Å². The monoisotopic (exact) mass is 434 g/mol. The van der Waals surface area contributed by atoms with Crippen molar-refractivity contribution in [3.8, 4) is 0 Å². The average Bonchev–Trinajstić information content (AvgIpc) is 3.58. The van der Waals surface area contributed by atoms with Crippen molar-refractivity contribution in [1.82, 2.24) is 9.62 Å².